The van der Waals surface area contributed by atoms with Crippen molar-refractivity contribution in [3.8, 4) is 5.75 Å². The second-order valence-corrected chi connectivity index (χ2v) is 6.33. The number of likely N-dealkylation sites (N-methyl/N-ethyl adjacent to an activating group) is 1. The van der Waals surface area contributed by atoms with Gasteiger partial charge in [-0.1, -0.05) is 30.3 Å². The Balaban J connectivity index is 1.94. The van der Waals surface area contributed by atoms with Gasteiger partial charge < -0.3 is 14.5 Å². The zero-order chi connectivity index (χ0) is 18.7. The zero-order valence-corrected chi connectivity index (χ0v) is 14.8. The van der Waals surface area contributed by atoms with Crippen LogP contribution in [0.4, 0.5) is 5.69 Å². The number of ether oxygens (including phenoxy) is 1. The van der Waals surface area contributed by atoms with Crippen LogP contribution in [0.1, 0.15) is 22.0 Å². The van der Waals surface area contributed by atoms with Crippen molar-refractivity contribution >= 4 is 11.6 Å². The van der Waals surface area contributed by atoms with Crippen LogP contribution >= 0.6 is 0 Å². The van der Waals surface area contributed by atoms with Gasteiger partial charge in [-0.15, -0.1) is 0 Å². The first-order valence-electron chi connectivity index (χ1n) is 8.38. The molecule has 136 valence electrons. The van der Waals surface area contributed by atoms with E-state index in [1.54, 1.807) is 11.0 Å². The van der Waals surface area contributed by atoms with Gasteiger partial charge in [-0.25, -0.2) is 0 Å². The summed E-state index contributed by atoms with van der Waals surface area (Å²) in [6, 6.07) is 14.1. The van der Waals surface area contributed by atoms with Gasteiger partial charge >= 0.3 is 5.69 Å². The molecule has 1 heterocycles. The van der Waals surface area contributed by atoms with Gasteiger partial charge in [0, 0.05) is 31.3 Å². The van der Waals surface area contributed by atoms with E-state index in [1.807, 2.05) is 37.4 Å². The predicted octanol–water partition coefficient (Wildman–Crippen LogP) is 2.73. The van der Waals surface area contributed by atoms with Crippen molar-refractivity contribution in [2.75, 3.05) is 33.8 Å². The summed E-state index contributed by atoms with van der Waals surface area (Å²) in [5, 5.41) is 11.3. The van der Waals surface area contributed by atoms with Crippen molar-refractivity contribution in [3.63, 3.8) is 0 Å². The number of carbonyl (C=O) groups excluding carboxylic acids is 1. The molecular weight excluding hydrogens is 334 g/mol. The van der Waals surface area contributed by atoms with Gasteiger partial charge in [-0.2, -0.15) is 0 Å². The number of amides is 1. The standard InChI is InChI=1S/C19H21N3O4/c1-20-10-11-21(17(13-20)14-6-4-3-5-7-14)19(23)15-8-9-18(26-2)16(12-15)22(24)25/h3-9,12,17H,10-11,13H2,1-2H3. The number of hydrogen-bond acceptors (Lipinski definition) is 5. The van der Waals surface area contributed by atoms with Gasteiger partial charge in [0.15, 0.2) is 5.75 Å². The summed E-state index contributed by atoms with van der Waals surface area (Å²) in [6.45, 7) is 2.04. The van der Waals surface area contributed by atoms with E-state index >= 15 is 0 Å². The fourth-order valence-electron chi connectivity index (χ4n) is 3.25. The molecule has 1 aliphatic rings. The minimum absolute atomic E-state index is 0.0939. The summed E-state index contributed by atoms with van der Waals surface area (Å²) in [7, 11) is 3.39. The average molecular weight is 355 g/mol. The number of carbonyl (C=O) groups is 1. The minimum atomic E-state index is -0.533. The smallest absolute Gasteiger partial charge is 0.311 e. The summed E-state index contributed by atoms with van der Waals surface area (Å²) in [4.78, 5) is 27.8. The molecule has 26 heavy (non-hydrogen) atoms. The molecule has 0 N–H and O–H groups in total. The van der Waals surface area contributed by atoms with Crippen LogP contribution in [0.15, 0.2) is 48.5 Å². The zero-order valence-electron chi connectivity index (χ0n) is 14.8. The average Bonchev–Trinajstić information content (AvgIpc) is 2.67. The molecule has 1 saturated heterocycles. The first kappa shape index (κ1) is 17.9. The monoisotopic (exact) mass is 355 g/mol. The first-order chi connectivity index (χ1) is 12.5. The molecule has 1 atom stereocenters. The predicted molar refractivity (Wildman–Crippen MR) is 97.4 cm³/mol. The molecule has 7 nitrogen and oxygen atoms in total. The van der Waals surface area contributed by atoms with Gasteiger partial charge in [-0.3, -0.25) is 14.9 Å². The molecule has 0 bridgehead atoms. The number of rotatable bonds is 4. The quantitative estimate of drug-likeness (QED) is 0.623. The third-order valence-corrected chi connectivity index (χ3v) is 4.65. The molecule has 1 amide bonds. The van der Waals surface area contributed by atoms with Gasteiger partial charge in [0.2, 0.25) is 0 Å². The fourth-order valence-corrected chi connectivity index (χ4v) is 3.25. The molecule has 0 aliphatic carbocycles. The lowest BCUT2D eigenvalue weighted by molar-refractivity contribution is -0.385. The van der Waals surface area contributed by atoms with Crippen LogP contribution in [0.25, 0.3) is 0 Å². The van der Waals surface area contributed by atoms with Crippen LogP contribution in [0.5, 0.6) is 5.75 Å². The summed E-state index contributed by atoms with van der Waals surface area (Å²) in [5.74, 6) is -0.0674. The molecule has 0 saturated carbocycles. The minimum Gasteiger partial charge on any atom is -0.490 e. The van der Waals surface area contributed by atoms with Crippen LogP contribution in [-0.4, -0.2) is 54.4 Å². The summed E-state index contributed by atoms with van der Waals surface area (Å²) >= 11 is 0. The number of piperazine rings is 1. The van der Waals surface area contributed by atoms with Crippen LogP contribution in [0.3, 0.4) is 0 Å². The number of nitro groups is 1. The third kappa shape index (κ3) is 3.52. The van der Waals surface area contributed by atoms with E-state index in [4.69, 9.17) is 4.74 Å². The lowest BCUT2D eigenvalue weighted by atomic mass is 10.0. The van der Waals surface area contributed by atoms with Crippen LogP contribution in [-0.2, 0) is 0 Å². The Morgan fingerprint density at radius 3 is 2.58 bits per heavy atom. The maximum absolute atomic E-state index is 13.1. The number of benzene rings is 2. The molecule has 1 unspecified atom stereocenters. The van der Waals surface area contributed by atoms with Crippen molar-refractivity contribution < 1.29 is 14.5 Å². The van der Waals surface area contributed by atoms with E-state index in [9.17, 15) is 14.9 Å². The second-order valence-electron chi connectivity index (χ2n) is 6.33. The number of methoxy groups -OCH3 is 1. The van der Waals surface area contributed by atoms with Crippen molar-refractivity contribution in [3.05, 3.63) is 69.8 Å². The van der Waals surface area contributed by atoms with E-state index in [-0.39, 0.29) is 23.4 Å². The topological polar surface area (TPSA) is 75.9 Å². The molecule has 2 aromatic carbocycles. The Morgan fingerprint density at radius 2 is 1.92 bits per heavy atom. The van der Waals surface area contributed by atoms with E-state index in [1.165, 1.54) is 19.2 Å². The number of hydrogen-bond donors (Lipinski definition) is 0. The molecule has 0 aromatic heterocycles. The molecule has 0 spiro atoms. The van der Waals surface area contributed by atoms with Crippen molar-refractivity contribution in [1.29, 1.82) is 0 Å². The van der Waals surface area contributed by atoms with Crippen molar-refractivity contribution in [2.45, 2.75) is 6.04 Å². The fraction of sp³-hybridized carbons (Fsp3) is 0.316. The Morgan fingerprint density at radius 1 is 1.19 bits per heavy atom. The second kappa shape index (κ2) is 7.53. The van der Waals surface area contributed by atoms with E-state index in [0.717, 1.165) is 12.1 Å². The highest BCUT2D eigenvalue weighted by atomic mass is 16.6. The van der Waals surface area contributed by atoms with Gasteiger partial charge in [0.25, 0.3) is 5.91 Å². The first-order valence-corrected chi connectivity index (χ1v) is 8.38. The molecule has 1 aliphatic heterocycles. The normalized spacial score (nSPS) is 17.8. The van der Waals surface area contributed by atoms with Gasteiger partial charge in [0.05, 0.1) is 18.1 Å². The summed E-state index contributed by atoms with van der Waals surface area (Å²) in [6.07, 6.45) is 0. The Labute approximate surface area is 151 Å². The van der Waals surface area contributed by atoms with Crippen molar-refractivity contribution in [2.24, 2.45) is 0 Å². The van der Waals surface area contributed by atoms with Crippen molar-refractivity contribution in [1.82, 2.24) is 9.80 Å². The number of nitrogens with zero attached hydrogens (tertiary/aromatic N) is 3. The highest BCUT2D eigenvalue weighted by molar-refractivity contribution is 5.95. The largest absolute Gasteiger partial charge is 0.490 e. The molecular formula is C19H21N3O4. The molecule has 2 aromatic rings. The summed E-state index contributed by atoms with van der Waals surface area (Å²) < 4.78 is 5.02. The Bertz CT molecular complexity index is 810. The summed E-state index contributed by atoms with van der Waals surface area (Å²) in [5.41, 5.74) is 1.14. The lowest BCUT2D eigenvalue weighted by Crippen LogP contribution is -2.49. The van der Waals surface area contributed by atoms with Gasteiger partial charge in [-0.05, 0) is 24.7 Å². The van der Waals surface area contributed by atoms with E-state index < -0.39 is 4.92 Å². The van der Waals surface area contributed by atoms with E-state index in [0.29, 0.717) is 18.7 Å². The van der Waals surface area contributed by atoms with E-state index in [2.05, 4.69) is 4.90 Å². The molecule has 3 rings (SSSR count). The molecule has 0 radical (unpaired) electrons. The highest BCUT2D eigenvalue weighted by Gasteiger charge is 2.31. The number of nitro benzene ring substituents is 1. The SMILES string of the molecule is COc1ccc(C(=O)N2CCN(C)CC2c2ccccc2)cc1[N+](=O)[O-]. The maximum Gasteiger partial charge on any atom is 0.311 e. The molecule has 1 fully saturated rings. The highest BCUT2D eigenvalue weighted by Crippen LogP contribution is 2.31. The van der Waals surface area contributed by atoms with Crippen LogP contribution < -0.4 is 4.74 Å². The Kier molecular flexibility index (Phi) is 5.18. The maximum atomic E-state index is 13.1. The van der Waals surface area contributed by atoms with Crippen LogP contribution in [0, 0.1) is 10.1 Å². The van der Waals surface area contributed by atoms with Gasteiger partial charge in [0.1, 0.15) is 0 Å². The Hall–Kier alpha value is -2.93. The third-order valence-electron chi connectivity index (χ3n) is 4.65. The lowest BCUT2D eigenvalue weighted by Gasteiger charge is -2.40. The van der Waals surface area contributed by atoms with Crippen LogP contribution in [0.2, 0.25) is 0 Å². The molecule has 7 heteroatoms.